The van der Waals surface area contributed by atoms with Crippen LogP contribution in [0.1, 0.15) is 29.2 Å². The number of nitrogens with zero attached hydrogens (tertiary/aromatic N) is 1. The third kappa shape index (κ3) is 2.66. The highest BCUT2D eigenvalue weighted by Crippen LogP contribution is 2.26. The van der Waals surface area contributed by atoms with Crippen molar-refractivity contribution in [3.8, 4) is 0 Å². The summed E-state index contributed by atoms with van der Waals surface area (Å²) in [5.74, 6) is 0.417. The highest BCUT2D eigenvalue weighted by atomic mass is 16.4. The lowest BCUT2D eigenvalue weighted by atomic mass is 9.96. The number of benzene rings is 1. The number of hydrogen-bond acceptors (Lipinski definition) is 4. The van der Waals surface area contributed by atoms with E-state index in [0.717, 1.165) is 18.5 Å². The highest BCUT2D eigenvalue weighted by Gasteiger charge is 2.46. The number of aliphatic hydroxyl groups excluding tert-OH is 4. The first-order valence-corrected chi connectivity index (χ1v) is 7.43. The fraction of sp³-hybridized carbons (Fsp3) is 0.438. The van der Waals surface area contributed by atoms with Crippen LogP contribution in [0, 0.1) is 0 Å². The van der Waals surface area contributed by atoms with Crippen LogP contribution in [0.3, 0.4) is 0 Å². The molecule has 0 amide bonds. The van der Waals surface area contributed by atoms with Crippen molar-refractivity contribution in [1.82, 2.24) is 4.98 Å². The van der Waals surface area contributed by atoms with Gasteiger partial charge in [0.2, 0.25) is 0 Å². The average molecular weight is 305 g/mol. The smallest absolute Gasteiger partial charge is 0.287 e. The second-order valence-electron chi connectivity index (χ2n) is 5.73. The minimum atomic E-state index is -1.31. The minimum Gasteiger partial charge on any atom is -0.392 e. The van der Waals surface area contributed by atoms with Crippen LogP contribution in [0.2, 0.25) is 0 Å². The first kappa shape index (κ1) is 15.2. The summed E-state index contributed by atoms with van der Waals surface area (Å²) in [4.78, 5) is 3.10. The van der Waals surface area contributed by atoms with Gasteiger partial charge in [-0.05, 0) is 12.0 Å². The van der Waals surface area contributed by atoms with E-state index in [9.17, 15) is 20.4 Å². The minimum absolute atomic E-state index is 0.307. The number of aromatic amines is 1. The average Bonchev–Trinajstić information content (AvgIpc) is 2.96. The van der Waals surface area contributed by atoms with E-state index in [-0.39, 0.29) is 6.61 Å². The number of rotatable bonds is 4. The summed E-state index contributed by atoms with van der Waals surface area (Å²) < 4.78 is 1.63. The van der Waals surface area contributed by atoms with Crippen molar-refractivity contribution in [2.75, 3.05) is 6.61 Å². The Morgan fingerprint density at radius 2 is 1.73 bits per heavy atom. The molecule has 6 heteroatoms. The van der Waals surface area contributed by atoms with E-state index < -0.39 is 24.4 Å². The molecule has 0 fully saturated rings. The molecule has 1 aliphatic rings. The molecule has 0 bridgehead atoms. The molecule has 0 unspecified atom stereocenters. The number of H-pyrrole nitrogens is 1. The van der Waals surface area contributed by atoms with E-state index >= 15 is 0 Å². The van der Waals surface area contributed by atoms with E-state index in [2.05, 4.69) is 17.1 Å². The molecule has 5 N–H and O–H groups in total. The van der Waals surface area contributed by atoms with E-state index in [1.807, 2.05) is 18.2 Å². The summed E-state index contributed by atoms with van der Waals surface area (Å²) in [6.07, 6.45) is -0.332. The number of fused-ring (bicyclic) bond motifs is 1. The zero-order chi connectivity index (χ0) is 15.7. The lowest BCUT2D eigenvalue weighted by molar-refractivity contribution is -0.750. The number of hydrogen-bond donors (Lipinski definition) is 5. The Hall–Kier alpha value is -1.73. The summed E-state index contributed by atoms with van der Waals surface area (Å²) in [5, 5.41) is 39.3. The van der Waals surface area contributed by atoms with Gasteiger partial charge in [-0.15, -0.1) is 0 Å². The SMILES string of the molecule is OC[C@@H]1[C@@H](O)[C@H](O)[C@@H](O)c2[nH]c(CCc3ccccc3)c[n+]21. The summed E-state index contributed by atoms with van der Waals surface area (Å²) in [6, 6.07) is 9.39. The maximum atomic E-state index is 10.1. The fourth-order valence-corrected chi connectivity index (χ4v) is 2.99. The molecule has 118 valence electrons. The van der Waals surface area contributed by atoms with E-state index in [1.54, 1.807) is 10.8 Å². The van der Waals surface area contributed by atoms with Crippen LogP contribution >= 0.6 is 0 Å². The maximum Gasteiger partial charge on any atom is 0.287 e. The van der Waals surface area contributed by atoms with Crippen molar-refractivity contribution >= 4 is 0 Å². The molecule has 22 heavy (non-hydrogen) atoms. The quantitative estimate of drug-likeness (QED) is 0.487. The van der Waals surface area contributed by atoms with E-state index in [1.165, 1.54) is 5.56 Å². The number of imidazole rings is 1. The topological polar surface area (TPSA) is 101 Å². The molecule has 1 aromatic heterocycles. The monoisotopic (exact) mass is 305 g/mol. The van der Waals surface area contributed by atoms with Crippen molar-refractivity contribution in [1.29, 1.82) is 0 Å². The van der Waals surface area contributed by atoms with Gasteiger partial charge in [0.1, 0.15) is 24.1 Å². The highest BCUT2D eigenvalue weighted by molar-refractivity contribution is 5.16. The van der Waals surface area contributed by atoms with E-state index in [4.69, 9.17) is 0 Å². The van der Waals surface area contributed by atoms with Crippen LogP contribution in [-0.4, -0.2) is 44.2 Å². The molecule has 0 saturated carbocycles. The fourth-order valence-electron chi connectivity index (χ4n) is 2.99. The predicted octanol–water partition coefficient (Wildman–Crippen LogP) is -0.610. The van der Waals surface area contributed by atoms with Gasteiger partial charge in [-0.25, -0.2) is 9.55 Å². The lowest BCUT2D eigenvalue weighted by Gasteiger charge is -2.30. The normalized spacial score (nSPS) is 27.6. The van der Waals surface area contributed by atoms with E-state index in [0.29, 0.717) is 5.82 Å². The molecule has 0 saturated heterocycles. The zero-order valence-corrected chi connectivity index (χ0v) is 12.1. The second kappa shape index (κ2) is 6.18. The van der Waals surface area contributed by atoms with Crippen molar-refractivity contribution in [3.63, 3.8) is 0 Å². The zero-order valence-electron chi connectivity index (χ0n) is 12.1. The predicted molar refractivity (Wildman–Crippen MR) is 77.9 cm³/mol. The Kier molecular flexibility index (Phi) is 4.26. The first-order chi connectivity index (χ1) is 10.6. The summed E-state index contributed by atoms with van der Waals surface area (Å²) in [6.45, 7) is -0.307. The number of aryl methyl sites for hydroxylation is 2. The van der Waals surface area contributed by atoms with Gasteiger partial charge < -0.3 is 20.4 Å². The van der Waals surface area contributed by atoms with Gasteiger partial charge in [0.05, 0.1) is 6.61 Å². The summed E-state index contributed by atoms with van der Waals surface area (Å²) >= 11 is 0. The Morgan fingerprint density at radius 1 is 1.00 bits per heavy atom. The number of aliphatic hydroxyl groups is 4. The standard InChI is InChI=1S/C16H20N2O4/c19-9-12-13(20)14(21)15(22)16-17-11(8-18(12)16)7-6-10-4-2-1-3-5-10/h1-5,8,12-15,19-22H,6-7,9H2/p+1/t12-,13-,14+,15-/m1/s1. The molecule has 0 spiro atoms. The van der Waals surface area contributed by atoms with Gasteiger partial charge in [-0.1, -0.05) is 30.3 Å². The first-order valence-electron chi connectivity index (χ1n) is 7.43. The van der Waals surface area contributed by atoms with Crippen LogP contribution in [0.4, 0.5) is 0 Å². The number of aromatic nitrogens is 2. The summed E-state index contributed by atoms with van der Waals surface area (Å²) in [7, 11) is 0. The summed E-state index contributed by atoms with van der Waals surface area (Å²) in [5.41, 5.74) is 2.09. The third-order valence-corrected chi connectivity index (χ3v) is 4.28. The van der Waals surface area contributed by atoms with Crippen LogP contribution in [0.15, 0.2) is 36.5 Å². The van der Waals surface area contributed by atoms with Crippen molar-refractivity contribution < 1.29 is 25.0 Å². The van der Waals surface area contributed by atoms with Crippen molar-refractivity contribution in [2.45, 2.75) is 37.2 Å². The molecule has 2 heterocycles. The second-order valence-corrected chi connectivity index (χ2v) is 5.73. The number of nitrogens with one attached hydrogen (secondary N) is 1. The van der Waals surface area contributed by atoms with Crippen molar-refractivity contribution in [3.05, 3.63) is 53.6 Å². The molecule has 3 rings (SSSR count). The van der Waals surface area contributed by atoms with Gasteiger partial charge in [0.15, 0.2) is 12.1 Å². The molecular weight excluding hydrogens is 284 g/mol. The lowest BCUT2D eigenvalue weighted by Crippen LogP contribution is -2.59. The molecule has 6 nitrogen and oxygen atoms in total. The Morgan fingerprint density at radius 3 is 2.41 bits per heavy atom. The molecule has 0 aliphatic carbocycles. The van der Waals surface area contributed by atoms with Gasteiger partial charge in [0, 0.05) is 6.42 Å². The van der Waals surface area contributed by atoms with Gasteiger partial charge in [0.25, 0.3) is 5.82 Å². The molecule has 4 atom stereocenters. The van der Waals surface area contributed by atoms with Crippen LogP contribution in [-0.2, 0) is 12.8 Å². The van der Waals surface area contributed by atoms with Crippen LogP contribution in [0.5, 0.6) is 0 Å². The Labute approximate surface area is 128 Å². The Balaban J connectivity index is 1.82. The van der Waals surface area contributed by atoms with Crippen LogP contribution in [0.25, 0.3) is 0 Å². The van der Waals surface area contributed by atoms with Gasteiger partial charge >= 0.3 is 0 Å². The third-order valence-electron chi connectivity index (χ3n) is 4.28. The maximum absolute atomic E-state index is 10.1. The van der Waals surface area contributed by atoms with Crippen LogP contribution < -0.4 is 4.57 Å². The van der Waals surface area contributed by atoms with Gasteiger partial charge in [-0.2, -0.15) is 0 Å². The Bertz CT molecular complexity index is 628. The molecular formula is C16H21N2O4+. The van der Waals surface area contributed by atoms with Gasteiger partial charge in [-0.3, -0.25) is 0 Å². The largest absolute Gasteiger partial charge is 0.392 e. The molecule has 1 aliphatic heterocycles. The van der Waals surface area contributed by atoms with Crippen molar-refractivity contribution in [2.24, 2.45) is 0 Å². The molecule has 2 aromatic rings. The molecule has 1 aromatic carbocycles. The molecule has 0 radical (unpaired) electrons.